The number of para-hydroxylation sites is 1. The van der Waals surface area contributed by atoms with Gasteiger partial charge in [-0.25, -0.2) is 0 Å². The highest BCUT2D eigenvalue weighted by Crippen LogP contribution is 2.40. The van der Waals surface area contributed by atoms with Gasteiger partial charge in [0, 0.05) is 46.2 Å². The summed E-state index contributed by atoms with van der Waals surface area (Å²) in [5.74, 6) is 0.262. The number of halogens is 1. The number of rotatable bonds is 1. The minimum absolute atomic E-state index is 0.262. The maximum absolute atomic E-state index is 12.0. The zero-order valence-corrected chi connectivity index (χ0v) is 13.3. The number of hydrogen-bond acceptors (Lipinski definition) is 1. The molecular weight excluding hydrogens is 326 g/mol. The smallest absolute Gasteiger partial charge is 0.163 e. The lowest BCUT2D eigenvalue weighted by Crippen LogP contribution is -1.95. The Morgan fingerprint density at radius 2 is 1.90 bits per heavy atom. The number of Topliss-reactive ketones (excluding diaryl/α,β-unsaturated/α-hetero) is 1. The average Bonchev–Trinajstić information content (AvgIpc) is 3.03. The molecule has 0 radical (unpaired) electrons. The molecule has 1 aliphatic rings. The molecule has 0 atom stereocenters. The number of aryl methyl sites for hydroxylation is 1. The first kappa shape index (κ1) is 12.8. The highest BCUT2D eigenvalue weighted by atomic mass is 79.9. The van der Waals surface area contributed by atoms with Crippen molar-refractivity contribution in [2.45, 2.75) is 12.8 Å². The van der Waals surface area contributed by atoms with E-state index >= 15 is 0 Å². The fourth-order valence-electron chi connectivity index (χ4n) is 3.36. The van der Waals surface area contributed by atoms with Gasteiger partial charge in [-0.2, -0.15) is 0 Å². The number of ketones is 1. The Hall–Kier alpha value is -1.87. The van der Waals surface area contributed by atoms with E-state index in [1.54, 1.807) is 0 Å². The molecule has 3 aromatic rings. The fourth-order valence-corrected chi connectivity index (χ4v) is 3.95. The third kappa shape index (κ3) is 1.80. The number of nitrogens with zero attached hydrogens (tertiary/aromatic N) is 1. The van der Waals surface area contributed by atoms with Crippen LogP contribution in [0.5, 0.6) is 0 Å². The van der Waals surface area contributed by atoms with Gasteiger partial charge in [0.05, 0.1) is 5.52 Å². The van der Waals surface area contributed by atoms with E-state index in [9.17, 15) is 4.79 Å². The van der Waals surface area contributed by atoms with E-state index in [1.165, 1.54) is 27.6 Å². The second-order valence-corrected chi connectivity index (χ2v) is 6.40. The molecule has 3 heteroatoms. The van der Waals surface area contributed by atoms with Crippen LogP contribution in [0.25, 0.3) is 22.0 Å². The van der Waals surface area contributed by atoms with Crippen molar-refractivity contribution in [1.29, 1.82) is 0 Å². The molecule has 21 heavy (non-hydrogen) atoms. The predicted octanol–water partition coefficient (Wildman–Crippen LogP) is 4.74. The third-order valence-corrected chi connectivity index (χ3v) is 4.99. The Morgan fingerprint density at radius 3 is 2.76 bits per heavy atom. The Labute approximate surface area is 131 Å². The van der Waals surface area contributed by atoms with E-state index in [2.05, 4.69) is 58.0 Å². The molecule has 104 valence electrons. The SMILES string of the molecule is Cn1ccc2cccc(-c3c(Br)ccc4c3CCC4=O)c21. The van der Waals surface area contributed by atoms with Gasteiger partial charge in [-0.1, -0.05) is 34.1 Å². The van der Waals surface area contributed by atoms with Crippen LogP contribution in [-0.2, 0) is 13.5 Å². The zero-order chi connectivity index (χ0) is 14.6. The van der Waals surface area contributed by atoms with E-state index in [1.807, 2.05) is 12.1 Å². The molecule has 0 saturated carbocycles. The van der Waals surface area contributed by atoms with Crippen molar-refractivity contribution in [2.75, 3.05) is 0 Å². The summed E-state index contributed by atoms with van der Waals surface area (Å²) < 4.78 is 3.21. The zero-order valence-electron chi connectivity index (χ0n) is 11.7. The van der Waals surface area contributed by atoms with Crippen molar-refractivity contribution < 1.29 is 4.79 Å². The van der Waals surface area contributed by atoms with Gasteiger partial charge in [-0.05, 0) is 30.2 Å². The topological polar surface area (TPSA) is 22.0 Å². The van der Waals surface area contributed by atoms with Gasteiger partial charge in [-0.15, -0.1) is 0 Å². The monoisotopic (exact) mass is 339 g/mol. The molecule has 0 bridgehead atoms. The lowest BCUT2D eigenvalue weighted by molar-refractivity contribution is 0.0994. The summed E-state index contributed by atoms with van der Waals surface area (Å²) in [4.78, 5) is 12.0. The van der Waals surface area contributed by atoms with Gasteiger partial charge < -0.3 is 4.57 Å². The first-order valence-electron chi connectivity index (χ1n) is 7.06. The van der Waals surface area contributed by atoms with E-state index in [0.29, 0.717) is 6.42 Å². The first-order chi connectivity index (χ1) is 10.2. The molecule has 0 amide bonds. The number of carbonyl (C=O) groups excluding carboxylic acids is 1. The van der Waals surface area contributed by atoms with Crippen molar-refractivity contribution in [3.05, 3.63) is 58.2 Å². The van der Waals surface area contributed by atoms with Crippen LogP contribution in [0.2, 0.25) is 0 Å². The summed E-state index contributed by atoms with van der Waals surface area (Å²) >= 11 is 3.68. The molecule has 1 aliphatic carbocycles. The van der Waals surface area contributed by atoms with Crippen LogP contribution in [-0.4, -0.2) is 10.4 Å². The molecule has 0 unspecified atom stereocenters. The second kappa shape index (κ2) is 4.57. The lowest BCUT2D eigenvalue weighted by atomic mass is 9.95. The normalized spacial score (nSPS) is 13.9. The molecule has 0 N–H and O–H groups in total. The highest BCUT2D eigenvalue weighted by molar-refractivity contribution is 9.10. The number of aromatic nitrogens is 1. The third-order valence-electron chi connectivity index (χ3n) is 4.33. The van der Waals surface area contributed by atoms with Crippen LogP contribution >= 0.6 is 15.9 Å². The maximum atomic E-state index is 12.0. The number of benzene rings is 2. The summed E-state index contributed by atoms with van der Waals surface area (Å²) in [5.41, 5.74) is 5.65. The molecule has 4 rings (SSSR count). The summed E-state index contributed by atoms with van der Waals surface area (Å²) in [5, 5.41) is 1.23. The molecule has 0 fully saturated rings. The lowest BCUT2D eigenvalue weighted by Gasteiger charge is -2.13. The van der Waals surface area contributed by atoms with E-state index in [-0.39, 0.29) is 5.78 Å². The van der Waals surface area contributed by atoms with Crippen LogP contribution in [0.15, 0.2) is 47.1 Å². The molecule has 0 aliphatic heterocycles. The van der Waals surface area contributed by atoms with Crippen molar-refractivity contribution in [1.82, 2.24) is 4.57 Å². The van der Waals surface area contributed by atoms with Crippen LogP contribution in [0, 0.1) is 0 Å². The van der Waals surface area contributed by atoms with Crippen LogP contribution < -0.4 is 0 Å². The van der Waals surface area contributed by atoms with Gasteiger partial charge in [0.2, 0.25) is 0 Å². The summed E-state index contributed by atoms with van der Waals surface area (Å²) in [7, 11) is 2.06. The molecule has 1 aromatic heterocycles. The molecule has 1 heterocycles. The molecule has 0 spiro atoms. The summed E-state index contributed by atoms with van der Waals surface area (Å²) in [6.45, 7) is 0. The van der Waals surface area contributed by atoms with Crippen LogP contribution in [0.1, 0.15) is 22.3 Å². The van der Waals surface area contributed by atoms with Crippen molar-refractivity contribution in [3.63, 3.8) is 0 Å². The van der Waals surface area contributed by atoms with Crippen LogP contribution in [0.3, 0.4) is 0 Å². The van der Waals surface area contributed by atoms with Crippen molar-refractivity contribution >= 4 is 32.6 Å². The maximum Gasteiger partial charge on any atom is 0.163 e. The minimum Gasteiger partial charge on any atom is -0.350 e. The largest absolute Gasteiger partial charge is 0.350 e. The standard InChI is InChI=1S/C18H14BrNO/c1-20-10-9-11-3-2-4-14(18(11)20)17-13-6-8-16(21)12(13)5-7-15(17)19/h2-5,7,9-10H,6,8H2,1H3. The summed E-state index contributed by atoms with van der Waals surface area (Å²) in [6, 6.07) is 12.4. The van der Waals surface area contributed by atoms with Crippen molar-refractivity contribution in [2.24, 2.45) is 7.05 Å². The van der Waals surface area contributed by atoms with Crippen LogP contribution in [0.4, 0.5) is 0 Å². The number of hydrogen-bond donors (Lipinski definition) is 0. The quantitative estimate of drug-likeness (QED) is 0.627. The van der Waals surface area contributed by atoms with Gasteiger partial charge in [0.15, 0.2) is 5.78 Å². The van der Waals surface area contributed by atoms with E-state index < -0.39 is 0 Å². The fraction of sp³-hybridized carbons (Fsp3) is 0.167. The Kier molecular flexibility index (Phi) is 2.79. The summed E-state index contributed by atoms with van der Waals surface area (Å²) in [6.07, 6.45) is 3.54. The van der Waals surface area contributed by atoms with E-state index in [4.69, 9.17) is 0 Å². The first-order valence-corrected chi connectivity index (χ1v) is 7.85. The second-order valence-electron chi connectivity index (χ2n) is 5.54. The Bertz CT molecular complexity index is 892. The highest BCUT2D eigenvalue weighted by Gasteiger charge is 2.25. The van der Waals surface area contributed by atoms with Gasteiger partial charge in [0.25, 0.3) is 0 Å². The molecular formula is C18H14BrNO. The average molecular weight is 340 g/mol. The predicted molar refractivity (Wildman–Crippen MR) is 88.7 cm³/mol. The number of fused-ring (bicyclic) bond motifs is 2. The Balaban J connectivity index is 2.11. The van der Waals surface area contributed by atoms with Gasteiger partial charge in [0.1, 0.15) is 0 Å². The minimum atomic E-state index is 0.262. The van der Waals surface area contributed by atoms with E-state index in [0.717, 1.165) is 16.5 Å². The number of carbonyl (C=O) groups is 1. The van der Waals surface area contributed by atoms with Gasteiger partial charge >= 0.3 is 0 Å². The van der Waals surface area contributed by atoms with Crippen molar-refractivity contribution in [3.8, 4) is 11.1 Å². The molecule has 2 aromatic carbocycles. The Morgan fingerprint density at radius 1 is 1.05 bits per heavy atom. The van der Waals surface area contributed by atoms with Gasteiger partial charge in [-0.3, -0.25) is 4.79 Å². The molecule has 0 saturated heterocycles. The molecule has 2 nitrogen and oxygen atoms in total.